The van der Waals surface area contributed by atoms with Crippen molar-refractivity contribution in [1.29, 1.82) is 0 Å². The third kappa shape index (κ3) is 3.40. The van der Waals surface area contributed by atoms with Crippen molar-refractivity contribution in [2.24, 2.45) is 17.8 Å². The molecule has 114 valence electrons. The second-order valence-corrected chi connectivity index (χ2v) is 6.32. The minimum atomic E-state index is -1.31. The van der Waals surface area contributed by atoms with E-state index in [1.807, 2.05) is 6.92 Å². The quantitative estimate of drug-likeness (QED) is 0.621. The van der Waals surface area contributed by atoms with Gasteiger partial charge in [-0.2, -0.15) is 12.6 Å². The first kappa shape index (κ1) is 15.5. The molecule has 1 aliphatic carbocycles. The van der Waals surface area contributed by atoms with Crippen LogP contribution in [0.25, 0.3) is 0 Å². The molecule has 2 rings (SSSR count). The lowest BCUT2D eigenvalue weighted by molar-refractivity contribution is -0.156. The summed E-state index contributed by atoms with van der Waals surface area (Å²) in [5.41, 5.74) is 0. The molecule has 6 heteroatoms. The number of fused-ring (bicyclic) bond motifs is 1. The predicted molar refractivity (Wildman–Crippen MR) is 77.7 cm³/mol. The number of thiol groups is 1. The van der Waals surface area contributed by atoms with Crippen LogP contribution >= 0.6 is 12.6 Å². The number of hydrogen-bond acceptors (Lipinski definition) is 4. The van der Waals surface area contributed by atoms with Gasteiger partial charge < -0.3 is 14.7 Å². The zero-order valence-corrected chi connectivity index (χ0v) is 12.7. The molecule has 0 aromatic rings. The fraction of sp³-hybridized carbons (Fsp3) is 0.857. The van der Waals surface area contributed by atoms with Crippen molar-refractivity contribution in [2.75, 3.05) is 12.3 Å². The molecular formula is C14H23NO4S. The smallest absolute Gasteiger partial charge is 0.450 e. The number of nitrogens with zero attached hydrogens (tertiary/aromatic N) is 1. The average Bonchev–Trinajstić information content (AvgIpc) is 2.44. The minimum absolute atomic E-state index is 0.0460. The molecule has 1 amide bonds. The molecule has 5 nitrogen and oxygen atoms in total. The summed E-state index contributed by atoms with van der Waals surface area (Å²) >= 11 is 4.16. The van der Waals surface area contributed by atoms with Gasteiger partial charge in [0.25, 0.3) is 0 Å². The van der Waals surface area contributed by atoms with Crippen molar-refractivity contribution in [3.8, 4) is 0 Å². The van der Waals surface area contributed by atoms with Gasteiger partial charge in [0.15, 0.2) is 6.23 Å². The zero-order chi connectivity index (χ0) is 14.7. The number of ether oxygens (including phenoxy) is 1. The molecular weight excluding hydrogens is 278 g/mol. The van der Waals surface area contributed by atoms with Crippen LogP contribution in [0.3, 0.4) is 0 Å². The standard InChI is InChI=1S/C14H23NO4S/c1-9(8-20)13(16)15-7-11-5-3-2-4-10(11)6-12(15)19-14(17)18/h9-12,20H,2-8H2,1H3,(H,17,18). The first-order valence-corrected chi connectivity index (χ1v) is 7.97. The second-order valence-electron chi connectivity index (χ2n) is 5.95. The van der Waals surface area contributed by atoms with Crippen LogP contribution in [0, 0.1) is 17.8 Å². The first-order chi connectivity index (χ1) is 9.52. The van der Waals surface area contributed by atoms with Crippen LogP contribution in [0.1, 0.15) is 39.0 Å². The molecule has 0 bridgehead atoms. The van der Waals surface area contributed by atoms with E-state index in [4.69, 9.17) is 9.84 Å². The van der Waals surface area contributed by atoms with E-state index in [0.717, 1.165) is 12.8 Å². The number of amides is 1. The van der Waals surface area contributed by atoms with E-state index in [1.165, 1.54) is 12.8 Å². The number of carbonyl (C=O) groups is 2. The number of piperidine rings is 1. The molecule has 1 saturated heterocycles. The summed E-state index contributed by atoms with van der Waals surface area (Å²) in [5, 5.41) is 8.88. The van der Waals surface area contributed by atoms with Crippen molar-refractivity contribution in [1.82, 2.24) is 4.90 Å². The van der Waals surface area contributed by atoms with Crippen LogP contribution in [-0.4, -0.2) is 40.6 Å². The van der Waals surface area contributed by atoms with Crippen LogP contribution in [0.5, 0.6) is 0 Å². The van der Waals surface area contributed by atoms with Crippen LogP contribution in [0.15, 0.2) is 0 Å². The normalized spacial score (nSPS) is 31.3. The predicted octanol–water partition coefficient (Wildman–Crippen LogP) is 2.61. The van der Waals surface area contributed by atoms with Gasteiger partial charge in [0, 0.05) is 24.6 Å². The lowest BCUT2D eigenvalue weighted by Gasteiger charge is -2.45. The van der Waals surface area contributed by atoms with Gasteiger partial charge in [-0.25, -0.2) is 4.79 Å². The van der Waals surface area contributed by atoms with Gasteiger partial charge in [-0.05, 0) is 24.7 Å². The van der Waals surface area contributed by atoms with Gasteiger partial charge in [0.05, 0.1) is 0 Å². The molecule has 0 aromatic heterocycles. The maximum absolute atomic E-state index is 12.4. The van der Waals surface area contributed by atoms with E-state index in [9.17, 15) is 9.59 Å². The van der Waals surface area contributed by atoms with E-state index in [2.05, 4.69) is 12.6 Å². The molecule has 4 atom stereocenters. The third-order valence-corrected chi connectivity index (χ3v) is 5.11. The number of carboxylic acid groups (broad SMARTS) is 1. The Morgan fingerprint density at radius 1 is 1.35 bits per heavy atom. The molecule has 1 saturated carbocycles. The Hall–Kier alpha value is -0.910. The van der Waals surface area contributed by atoms with Gasteiger partial charge in [0.1, 0.15) is 0 Å². The molecule has 20 heavy (non-hydrogen) atoms. The summed E-state index contributed by atoms with van der Waals surface area (Å²) in [6, 6.07) is 0. The first-order valence-electron chi connectivity index (χ1n) is 7.33. The van der Waals surface area contributed by atoms with E-state index in [1.54, 1.807) is 4.90 Å². The van der Waals surface area contributed by atoms with Gasteiger partial charge in [-0.3, -0.25) is 4.79 Å². The molecule has 1 heterocycles. The molecule has 2 fully saturated rings. The van der Waals surface area contributed by atoms with Gasteiger partial charge in [-0.1, -0.05) is 19.8 Å². The molecule has 1 aliphatic heterocycles. The highest BCUT2D eigenvalue weighted by molar-refractivity contribution is 7.80. The highest BCUT2D eigenvalue weighted by Crippen LogP contribution is 2.39. The number of carbonyl (C=O) groups excluding carboxylic acids is 1. The lowest BCUT2D eigenvalue weighted by atomic mass is 9.74. The summed E-state index contributed by atoms with van der Waals surface area (Å²) in [5.74, 6) is 1.19. The Balaban J connectivity index is 2.11. The lowest BCUT2D eigenvalue weighted by Crippen LogP contribution is -2.54. The Kier molecular flexibility index (Phi) is 5.18. The van der Waals surface area contributed by atoms with Crippen molar-refractivity contribution in [3.63, 3.8) is 0 Å². The SMILES string of the molecule is CC(CS)C(=O)N1CC2CCCCC2CC1OC(=O)O. The molecule has 0 radical (unpaired) electrons. The van der Waals surface area contributed by atoms with Crippen LogP contribution in [0.4, 0.5) is 4.79 Å². The van der Waals surface area contributed by atoms with Crippen molar-refractivity contribution in [3.05, 3.63) is 0 Å². The summed E-state index contributed by atoms with van der Waals surface area (Å²) < 4.78 is 4.97. The average molecular weight is 301 g/mol. The third-order valence-electron chi connectivity index (χ3n) is 4.57. The summed E-state index contributed by atoms with van der Waals surface area (Å²) in [4.78, 5) is 24.9. The van der Waals surface area contributed by atoms with Gasteiger partial charge >= 0.3 is 6.16 Å². The maximum atomic E-state index is 12.4. The van der Waals surface area contributed by atoms with Crippen LogP contribution < -0.4 is 0 Å². The number of likely N-dealkylation sites (tertiary alicyclic amines) is 1. The number of hydrogen-bond donors (Lipinski definition) is 2. The van der Waals surface area contributed by atoms with Crippen molar-refractivity contribution in [2.45, 2.75) is 45.3 Å². The summed E-state index contributed by atoms with van der Waals surface area (Å²) in [7, 11) is 0. The summed E-state index contributed by atoms with van der Waals surface area (Å²) in [6.07, 6.45) is 3.36. The second kappa shape index (κ2) is 6.70. The molecule has 4 unspecified atom stereocenters. The number of rotatable bonds is 3. The summed E-state index contributed by atoms with van der Waals surface area (Å²) in [6.45, 7) is 2.44. The largest absolute Gasteiger partial charge is 0.507 e. The Morgan fingerprint density at radius 2 is 2.00 bits per heavy atom. The highest BCUT2D eigenvalue weighted by atomic mass is 32.1. The van der Waals surface area contributed by atoms with Gasteiger partial charge in [-0.15, -0.1) is 0 Å². The molecule has 2 aliphatic rings. The Labute approximate surface area is 125 Å². The van der Waals surface area contributed by atoms with E-state index >= 15 is 0 Å². The van der Waals surface area contributed by atoms with E-state index in [0.29, 0.717) is 30.6 Å². The zero-order valence-electron chi connectivity index (χ0n) is 11.8. The fourth-order valence-electron chi connectivity index (χ4n) is 3.41. The van der Waals surface area contributed by atoms with E-state index in [-0.39, 0.29) is 11.8 Å². The molecule has 1 N–H and O–H groups in total. The van der Waals surface area contributed by atoms with Crippen LogP contribution in [0.2, 0.25) is 0 Å². The Morgan fingerprint density at radius 3 is 2.60 bits per heavy atom. The molecule has 0 spiro atoms. The van der Waals surface area contributed by atoms with Gasteiger partial charge in [0.2, 0.25) is 5.91 Å². The van der Waals surface area contributed by atoms with Crippen molar-refractivity contribution < 1.29 is 19.4 Å². The maximum Gasteiger partial charge on any atom is 0.507 e. The van der Waals surface area contributed by atoms with Crippen molar-refractivity contribution >= 4 is 24.7 Å². The fourth-order valence-corrected chi connectivity index (χ4v) is 3.57. The monoisotopic (exact) mass is 301 g/mol. The molecule has 0 aromatic carbocycles. The minimum Gasteiger partial charge on any atom is -0.450 e. The van der Waals surface area contributed by atoms with E-state index < -0.39 is 12.4 Å². The topological polar surface area (TPSA) is 66.8 Å². The highest BCUT2D eigenvalue weighted by Gasteiger charge is 2.41. The van der Waals surface area contributed by atoms with Crippen LogP contribution in [-0.2, 0) is 9.53 Å². The Bertz CT molecular complexity index is 376.